The van der Waals surface area contributed by atoms with Crippen LogP contribution >= 0.6 is 0 Å². The molecule has 87 valence electrons. The van der Waals surface area contributed by atoms with Crippen LogP contribution in [-0.4, -0.2) is 0 Å². The lowest BCUT2D eigenvalue weighted by Gasteiger charge is -2.06. The molecule has 0 aliphatic heterocycles. The van der Waals surface area contributed by atoms with Gasteiger partial charge in [-0.1, -0.05) is 59.7 Å². The zero-order valence-corrected chi connectivity index (χ0v) is 10.4. The molecule has 0 atom stereocenters. The highest BCUT2D eigenvalue weighted by Gasteiger charge is 1.96. The third-order valence-corrected chi connectivity index (χ3v) is 2.66. The Hall–Kier alpha value is -1.60. The second-order valence-electron chi connectivity index (χ2n) is 4.43. The summed E-state index contributed by atoms with van der Waals surface area (Å²) >= 11 is 0. The summed E-state index contributed by atoms with van der Waals surface area (Å²) in [6, 6.07) is 16.9. The Morgan fingerprint density at radius 1 is 0.941 bits per heavy atom. The second kappa shape index (κ2) is 5.65. The highest BCUT2D eigenvalue weighted by molar-refractivity contribution is 5.29. The molecule has 0 heterocycles. The van der Waals surface area contributed by atoms with E-state index in [2.05, 4.69) is 56.0 Å². The van der Waals surface area contributed by atoms with E-state index in [4.69, 9.17) is 0 Å². The number of hydrogen-bond donors (Lipinski definition) is 1. The summed E-state index contributed by atoms with van der Waals surface area (Å²) in [6.45, 7) is 7.20. The van der Waals surface area contributed by atoms with Gasteiger partial charge in [-0.3, -0.25) is 0 Å². The molecule has 0 aliphatic rings. The first-order chi connectivity index (χ1) is 8.24. The SMILES string of the molecule is Cc1cc(C)cc(CN[CH]c2ccccc2)c1. The quantitative estimate of drug-likeness (QED) is 0.836. The summed E-state index contributed by atoms with van der Waals surface area (Å²) in [5, 5.41) is 3.35. The van der Waals surface area contributed by atoms with Gasteiger partial charge in [0.25, 0.3) is 0 Å². The molecule has 1 N–H and O–H groups in total. The van der Waals surface area contributed by atoms with Crippen molar-refractivity contribution < 1.29 is 0 Å². The molecule has 0 aromatic heterocycles. The van der Waals surface area contributed by atoms with Gasteiger partial charge < -0.3 is 5.32 Å². The molecule has 2 aromatic carbocycles. The van der Waals surface area contributed by atoms with Crippen LogP contribution in [0.4, 0.5) is 0 Å². The largest absolute Gasteiger partial charge is 0.304 e. The summed E-state index contributed by atoms with van der Waals surface area (Å²) in [7, 11) is 0. The minimum Gasteiger partial charge on any atom is -0.304 e. The molecule has 2 rings (SSSR count). The van der Waals surface area contributed by atoms with Gasteiger partial charge in [0, 0.05) is 6.54 Å². The summed E-state index contributed by atoms with van der Waals surface area (Å²) in [4.78, 5) is 0. The van der Waals surface area contributed by atoms with Gasteiger partial charge in [-0.05, 0) is 25.0 Å². The number of rotatable bonds is 4. The van der Waals surface area contributed by atoms with E-state index >= 15 is 0 Å². The van der Waals surface area contributed by atoms with Crippen molar-refractivity contribution in [3.63, 3.8) is 0 Å². The Bertz CT molecular complexity index is 454. The molecule has 0 saturated carbocycles. The molecule has 0 saturated heterocycles. The van der Waals surface area contributed by atoms with Crippen LogP contribution in [0.5, 0.6) is 0 Å². The van der Waals surface area contributed by atoms with Crippen molar-refractivity contribution >= 4 is 0 Å². The van der Waals surface area contributed by atoms with Gasteiger partial charge in [0.05, 0.1) is 6.54 Å². The van der Waals surface area contributed by atoms with Gasteiger partial charge >= 0.3 is 0 Å². The van der Waals surface area contributed by atoms with Gasteiger partial charge in [-0.25, -0.2) is 0 Å². The normalized spacial score (nSPS) is 10.5. The summed E-state index contributed by atoms with van der Waals surface area (Å²) < 4.78 is 0. The Morgan fingerprint density at radius 3 is 2.24 bits per heavy atom. The third kappa shape index (κ3) is 3.72. The minimum atomic E-state index is 0.872. The van der Waals surface area contributed by atoms with E-state index in [1.54, 1.807) is 0 Å². The standard InChI is InChI=1S/C16H18N/c1-13-8-14(2)10-16(9-13)12-17-11-15-6-4-3-5-7-15/h3-11,17H,12H2,1-2H3. The third-order valence-electron chi connectivity index (χ3n) is 2.66. The maximum absolute atomic E-state index is 3.35. The van der Waals surface area contributed by atoms with E-state index < -0.39 is 0 Å². The van der Waals surface area contributed by atoms with Crippen LogP contribution in [0.2, 0.25) is 0 Å². The van der Waals surface area contributed by atoms with Crippen molar-refractivity contribution in [2.75, 3.05) is 0 Å². The molecule has 1 radical (unpaired) electrons. The van der Waals surface area contributed by atoms with Crippen LogP contribution in [0.1, 0.15) is 22.3 Å². The molecular weight excluding hydrogens is 206 g/mol. The van der Waals surface area contributed by atoms with Gasteiger partial charge in [0.1, 0.15) is 0 Å². The molecule has 0 unspecified atom stereocenters. The Kier molecular flexibility index (Phi) is 3.94. The van der Waals surface area contributed by atoms with E-state index in [0.29, 0.717) is 0 Å². The number of benzene rings is 2. The van der Waals surface area contributed by atoms with Crippen molar-refractivity contribution in [3.8, 4) is 0 Å². The molecule has 0 fully saturated rings. The first kappa shape index (κ1) is 11.9. The van der Waals surface area contributed by atoms with Crippen molar-refractivity contribution in [2.45, 2.75) is 20.4 Å². The second-order valence-corrected chi connectivity index (χ2v) is 4.43. The number of hydrogen-bond acceptors (Lipinski definition) is 1. The lowest BCUT2D eigenvalue weighted by Crippen LogP contribution is -2.10. The average Bonchev–Trinajstić information content (AvgIpc) is 2.29. The van der Waals surface area contributed by atoms with Crippen LogP contribution < -0.4 is 5.32 Å². The first-order valence-electron chi connectivity index (χ1n) is 5.93. The van der Waals surface area contributed by atoms with Crippen LogP contribution in [0.25, 0.3) is 0 Å². The van der Waals surface area contributed by atoms with Gasteiger partial charge in [-0.15, -0.1) is 0 Å². The fourth-order valence-electron chi connectivity index (χ4n) is 2.01. The highest BCUT2D eigenvalue weighted by Crippen LogP contribution is 2.09. The molecule has 2 aromatic rings. The fraction of sp³-hybridized carbons (Fsp3) is 0.188. The van der Waals surface area contributed by atoms with Gasteiger partial charge in [-0.2, -0.15) is 0 Å². The number of aryl methyl sites for hydroxylation is 2. The first-order valence-corrected chi connectivity index (χ1v) is 5.93. The molecule has 0 amide bonds. The van der Waals surface area contributed by atoms with E-state index in [1.165, 1.54) is 22.3 Å². The van der Waals surface area contributed by atoms with E-state index in [0.717, 1.165) is 6.54 Å². The minimum absolute atomic E-state index is 0.872. The smallest absolute Gasteiger partial charge is 0.0521 e. The molecule has 1 heteroatoms. The van der Waals surface area contributed by atoms with E-state index in [1.807, 2.05) is 18.2 Å². The summed E-state index contributed by atoms with van der Waals surface area (Å²) in [6.07, 6.45) is 0. The summed E-state index contributed by atoms with van der Waals surface area (Å²) in [5.41, 5.74) is 5.18. The van der Waals surface area contributed by atoms with Crippen LogP contribution in [-0.2, 0) is 6.54 Å². The van der Waals surface area contributed by atoms with Crippen LogP contribution in [0.15, 0.2) is 48.5 Å². The Balaban J connectivity index is 1.90. The van der Waals surface area contributed by atoms with Crippen LogP contribution in [0, 0.1) is 20.4 Å². The predicted octanol–water partition coefficient (Wildman–Crippen LogP) is 3.60. The Labute approximate surface area is 103 Å². The zero-order valence-electron chi connectivity index (χ0n) is 10.4. The molecule has 1 nitrogen and oxygen atoms in total. The lowest BCUT2D eigenvalue weighted by atomic mass is 10.1. The monoisotopic (exact) mass is 224 g/mol. The maximum atomic E-state index is 3.35. The topological polar surface area (TPSA) is 12.0 Å². The fourth-order valence-corrected chi connectivity index (χ4v) is 2.01. The highest BCUT2D eigenvalue weighted by atomic mass is 14.8. The molecule has 0 spiro atoms. The molecule has 0 aliphatic carbocycles. The lowest BCUT2D eigenvalue weighted by molar-refractivity contribution is 0.817. The average molecular weight is 224 g/mol. The number of nitrogens with one attached hydrogen (secondary N) is 1. The van der Waals surface area contributed by atoms with Crippen LogP contribution in [0.3, 0.4) is 0 Å². The van der Waals surface area contributed by atoms with Gasteiger partial charge in [0.2, 0.25) is 0 Å². The van der Waals surface area contributed by atoms with Crippen molar-refractivity contribution in [3.05, 3.63) is 77.3 Å². The van der Waals surface area contributed by atoms with Crippen molar-refractivity contribution in [1.29, 1.82) is 0 Å². The van der Waals surface area contributed by atoms with Crippen molar-refractivity contribution in [1.82, 2.24) is 5.32 Å². The van der Waals surface area contributed by atoms with Crippen molar-refractivity contribution in [2.24, 2.45) is 0 Å². The van der Waals surface area contributed by atoms with E-state index in [-0.39, 0.29) is 0 Å². The van der Waals surface area contributed by atoms with E-state index in [9.17, 15) is 0 Å². The maximum Gasteiger partial charge on any atom is 0.0521 e. The molecule has 0 bridgehead atoms. The molecule has 17 heavy (non-hydrogen) atoms. The predicted molar refractivity (Wildman–Crippen MR) is 72.6 cm³/mol. The summed E-state index contributed by atoms with van der Waals surface area (Å²) in [5.74, 6) is 0. The Morgan fingerprint density at radius 2 is 1.59 bits per heavy atom. The molecular formula is C16H18N. The van der Waals surface area contributed by atoms with Gasteiger partial charge in [0.15, 0.2) is 0 Å². The zero-order chi connectivity index (χ0) is 12.1.